The molecular weight excluding hydrogens is 396 g/mol. The highest BCUT2D eigenvalue weighted by Gasteiger charge is 2.19. The van der Waals surface area contributed by atoms with Crippen molar-refractivity contribution < 1.29 is 23.8 Å². The van der Waals surface area contributed by atoms with E-state index in [2.05, 4.69) is 10.1 Å². The van der Waals surface area contributed by atoms with Crippen LogP contribution in [0.25, 0.3) is 22.2 Å². The average Bonchev–Trinajstić information content (AvgIpc) is 3.21. The molecule has 1 N–H and O–H groups in total. The van der Waals surface area contributed by atoms with E-state index < -0.39 is 11.9 Å². The average molecular weight is 413 g/mol. The van der Waals surface area contributed by atoms with E-state index in [1.165, 1.54) is 7.11 Å². The highest BCUT2D eigenvalue weighted by molar-refractivity contribution is 6.32. The van der Waals surface area contributed by atoms with Crippen molar-refractivity contribution in [2.45, 2.75) is 6.92 Å². The normalized spacial score (nSPS) is 12.1. The van der Waals surface area contributed by atoms with Gasteiger partial charge in [-0.3, -0.25) is 9.59 Å². The first-order chi connectivity index (χ1) is 14.0. The Balaban J connectivity index is 1.84. The number of aromatic nitrogens is 1. The number of aryl methyl sites for hydroxylation is 1. The van der Waals surface area contributed by atoms with Crippen molar-refractivity contribution in [2.75, 3.05) is 20.4 Å². The van der Waals surface area contributed by atoms with E-state index in [0.717, 1.165) is 11.1 Å². The summed E-state index contributed by atoms with van der Waals surface area (Å²) < 4.78 is 15.4. The summed E-state index contributed by atoms with van der Waals surface area (Å²) in [5.74, 6) is 0.326. The van der Waals surface area contributed by atoms with E-state index in [9.17, 15) is 9.59 Å². The molecule has 0 spiro atoms. The number of halogens is 1. The van der Waals surface area contributed by atoms with Gasteiger partial charge in [0, 0.05) is 16.0 Å². The van der Waals surface area contributed by atoms with Gasteiger partial charge in [0.2, 0.25) is 6.79 Å². The topological polar surface area (TPSA) is 86.8 Å². The third kappa shape index (κ3) is 3.56. The zero-order valence-electron chi connectivity index (χ0n) is 15.7. The van der Waals surface area contributed by atoms with E-state index in [1.54, 1.807) is 24.3 Å². The van der Waals surface area contributed by atoms with Gasteiger partial charge < -0.3 is 19.5 Å². The smallest absolute Gasteiger partial charge is 0.325 e. The summed E-state index contributed by atoms with van der Waals surface area (Å²) in [4.78, 5) is 29.0. The second kappa shape index (κ2) is 7.60. The Kier molecular flexibility index (Phi) is 4.98. The van der Waals surface area contributed by atoms with Crippen molar-refractivity contribution in [3.05, 3.63) is 52.5 Å². The van der Waals surface area contributed by atoms with Crippen LogP contribution >= 0.6 is 11.6 Å². The molecule has 29 heavy (non-hydrogen) atoms. The standard InChI is InChI=1S/C21H17ClN2O5/c1-11-15(22)5-4-13-14(21(26)23-9-19(25)27-2)8-16(24-20(11)13)12-3-6-17-18(7-12)29-10-28-17/h3-8H,9-10H2,1-2H3,(H,23,26). The summed E-state index contributed by atoms with van der Waals surface area (Å²) in [5.41, 5.74) is 3.08. The van der Waals surface area contributed by atoms with Crippen LogP contribution in [-0.2, 0) is 9.53 Å². The maximum Gasteiger partial charge on any atom is 0.325 e. The Morgan fingerprint density at radius 2 is 1.97 bits per heavy atom. The van der Waals surface area contributed by atoms with Crippen LogP contribution in [0.5, 0.6) is 11.5 Å². The molecule has 1 amide bonds. The first kappa shape index (κ1) is 19.0. The Labute approximate surface area is 171 Å². The van der Waals surface area contributed by atoms with Crippen LogP contribution in [0.15, 0.2) is 36.4 Å². The lowest BCUT2D eigenvalue weighted by Gasteiger charge is -2.13. The lowest BCUT2D eigenvalue weighted by atomic mass is 10.0. The van der Waals surface area contributed by atoms with Crippen molar-refractivity contribution in [2.24, 2.45) is 0 Å². The molecule has 1 aliphatic heterocycles. The highest BCUT2D eigenvalue weighted by Crippen LogP contribution is 2.37. The van der Waals surface area contributed by atoms with Crippen molar-refractivity contribution >= 4 is 34.4 Å². The molecule has 0 saturated heterocycles. The summed E-state index contributed by atoms with van der Waals surface area (Å²) >= 11 is 6.28. The van der Waals surface area contributed by atoms with Crippen LogP contribution in [0.2, 0.25) is 5.02 Å². The molecule has 0 aliphatic carbocycles. The van der Waals surface area contributed by atoms with Crippen molar-refractivity contribution in [3.8, 4) is 22.8 Å². The molecule has 3 aromatic rings. The Hall–Kier alpha value is -3.32. The second-order valence-electron chi connectivity index (χ2n) is 6.45. The number of hydrogen-bond acceptors (Lipinski definition) is 6. The second-order valence-corrected chi connectivity index (χ2v) is 6.86. The number of ether oxygens (including phenoxy) is 3. The number of carbonyl (C=O) groups excluding carboxylic acids is 2. The van der Waals surface area contributed by atoms with Gasteiger partial charge in [0.1, 0.15) is 6.54 Å². The van der Waals surface area contributed by atoms with Gasteiger partial charge in [-0.1, -0.05) is 17.7 Å². The number of amides is 1. The van der Waals surface area contributed by atoms with E-state index in [4.69, 9.17) is 26.1 Å². The number of nitrogens with one attached hydrogen (secondary N) is 1. The minimum Gasteiger partial charge on any atom is -0.468 e. The lowest BCUT2D eigenvalue weighted by Crippen LogP contribution is -2.30. The first-order valence-electron chi connectivity index (χ1n) is 8.83. The molecule has 0 saturated carbocycles. The number of methoxy groups -OCH3 is 1. The van der Waals surface area contributed by atoms with Gasteiger partial charge in [-0.2, -0.15) is 0 Å². The predicted octanol–water partition coefficient (Wildman–Crippen LogP) is 3.50. The number of benzene rings is 2. The largest absolute Gasteiger partial charge is 0.468 e. The monoisotopic (exact) mass is 412 g/mol. The third-order valence-corrected chi connectivity index (χ3v) is 5.11. The van der Waals surface area contributed by atoms with E-state index in [-0.39, 0.29) is 13.3 Å². The summed E-state index contributed by atoms with van der Waals surface area (Å²) in [5, 5.41) is 3.76. The number of pyridine rings is 1. The fraction of sp³-hybridized carbons (Fsp3) is 0.190. The molecule has 0 bridgehead atoms. The zero-order valence-corrected chi connectivity index (χ0v) is 16.5. The van der Waals surface area contributed by atoms with Crippen LogP contribution in [0.1, 0.15) is 15.9 Å². The Morgan fingerprint density at radius 3 is 2.76 bits per heavy atom. The maximum absolute atomic E-state index is 12.8. The van der Waals surface area contributed by atoms with Crippen LogP contribution in [0.3, 0.4) is 0 Å². The number of carbonyl (C=O) groups is 2. The molecule has 2 heterocycles. The fourth-order valence-electron chi connectivity index (χ4n) is 3.12. The quantitative estimate of drug-likeness (QED) is 0.660. The molecule has 0 atom stereocenters. The number of nitrogens with zero attached hydrogens (tertiary/aromatic N) is 1. The molecule has 148 valence electrons. The Morgan fingerprint density at radius 1 is 1.17 bits per heavy atom. The molecule has 4 rings (SSSR count). The molecule has 7 nitrogen and oxygen atoms in total. The number of hydrogen-bond donors (Lipinski definition) is 1. The van der Waals surface area contributed by atoms with Crippen molar-refractivity contribution in [3.63, 3.8) is 0 Å². The van der Waals surface area contributed by atoms with Crippen LogP contribution in [0, 0.1) is 6.92 Å². The summed E-state index contributed by atoms with van der Waals surface area (Å²) in [6, 6.07) is 10.6. The molecule has 1 aromatic heterocycles. The predicted molar refractivity (Wildman–Crippen MR) is 107 cm³/mol. The van der Waals surface area contributed by atoms with E-state index in [1.807, 2.05) is 19.1 Å². The summed E-state index contributed by atoms with van der Waals surface area (Å²) in [7, 11) is 1.26. The van der Waals surface area contributed by atoms with Gasteiger partial charge in [-0.05, 0) is 42.8 Å². The summed E-state index contributed by atoms with van der Waals surface area (Å²) in [6.07, 6.45) is 0. The van der Waals surface area contributed by atoms with Gasteiger partial charge in [0.25, 0.3) is 5.91 Å². The van der Waals surface area contributed by atoms with E-state index >= 15 is 0 Å². The van der Waals surface area contributed by atoms with Crippen LogP contribution in [-0.4, -0.2) is 37.3 Å². The van der Waals surface area contributed by atoms with Gasteiger partial charge in [-0.25, -0.2) is 4.98 Å². The minimum absolute atomic E-state index is 0.167. The number of esters is 1. The molecule has 0 radical (unpaired) electrons. The SMILES string of the molecule is COC(=O)CNC(=O)c1cc(-c2ccc3c(c2)OCO3)nc2c(C)c(Cl)ccc12. The molecule has 2 aromatic carbocycles. The molecular formula is C21H17ClN2O5. The minimum atomic E-state index is -0.535. The molecule has 0 unspecified atom stereocenters. The van der Waals surface area contributed by atoms with Crippen molar-refractivity contribution in [1.82, 2.24) is 10.3 Å². The fourth-order valence-corrected chi connectivity index (χ4v) is 3.27. The third-order valence-electron chi connectivity index (χ3n) is 4.70. The summed E-state index contributed by atoms with van der Waals surface area (Å²) in [6.45, 7) is 1.78. The number of fused-ring (bicyclic) bond motifs is 2. The zero-order chi connectivity index (χ0) is 20.5. The molecule has 1 aliphatic rings. The van der Waals surface area contributed by atoms with Gasteiger partial charge in [0.15, 0.2) is 11.5 Å². The van der Waals surface area contributed by atoms with Gasteiger partial charge in [-0.15, -0.1) is 0 Å². The lowest BCUT2D eigenvalue weighted by molar-refractivity contribution is -0.139. The van der Waals surface area contributed by atoms with Crippen molar-refractivity contribution in [1.29, 1.82) is 0 Å². The number of rotatable bonds is 4. The van der Waals surface area contributed by atoms with E-state index in [0.29, 0.717) is 38.7 Å². The molecule has 8 heteroatoms. The van der Waals surface area contributed by atoms with Crippen LogP contribution in [0.4, 0.5) is 0 Å². The first-order valence-corrected chi connectivity index (χ1v) is 9.20. The highest BCUT2D eigenvalue weighted by atomic mass is 35.5. The maximum atomic E-state index is 12.8. The van der Waals surface area contributed by atoms with Gasteiger partial charge in [0.05, 0.1) is 23.9 Å². The van der Waals surface area contributed by atoms with Crippen LogP contribution < -0.4 is 14.8 Å². The molecule has 0 fully saturated rings. The van der Waals surface area contributed by atoms with Gasteiger partial charge >= 0.3 is 5.97 Å². The Bertz CT molecular complexity index is 1150.